The highest BCUT2D eigenvalue weighted by Gasteiger charge is 2.21. The first kappa shape index (κ1) is 14.9. The van der Waals surface area contributed by atoms with E-state index in [0.29, 0.717) is 6.42 Å². The zero-order valence-electron chi connectivity index (χ0n) is 10.3. The number of aryl methyl sites for hydroxylation is 1. The normalized spacial score (nSPS) is 14.7. The van der Waals surface area contributed by atoms with Crippen molar-refractivity contribution in [3.05, 3.63) is 17.0 Å². The molecule has 18 heavy (non-hydrogen) atoms. The van der Waals surface area contributed by atoms with Gasteiger partial charge in [-0.15, -0.1) is 11.3 Å². The van der Waals surface area contributed by atoms with Gasteiger partial charge in [0, 0.05) is 17.3 Å². The monoisotopic (exact) mass is 291 g/mol. The fourth-order valence-electron chi connectivity index (χ4n) is 1.40. The van der Waals surface area contributed by atoms with E-state index in [-0.39, 0.29) is 22.5 Å². The van der Waals surface area contributed by atoms with Crippen LogP contribution in [0.5, 0.6) is 0 Å². The van der Waals surface area contributed by atoms with Gasteiger partial charge in [-0.25, -0.2) is 13.1 Å². The number of sulfonamides is 1. The molecule has 0 aliphatic rings. The van der Waals surface area contributed by atoms with Gasteiger partial charge in [0.2, 0.25) is 10.0 Å². The van der Waals surface area contributed by atoms with Crippen LogP contribution in [0.15, 0.2) is 21.5 Å². The summed E-state index contributed by atoms with van der Waals surface area (Å²) in [4.78, 5) is 0.930. The number of amidine groups is 1. The molecule has 4 N–H and O–H groups in total. The number of hydrogen-bond donors (Lipinski definition) is 3. The molecule has 0 aromatic carbocycles. The van der Waals surface area contributed by atoms with Crippen molar-refractivity contribution in [2.45, 2.75) is 36.9 Å². The zero-order valence-corrected chi connectivity index (χ0v) is 11.9. The SMILES string of the molecule is CCC(CC(N)=NO)NS(=O)(=O)c1ccc(C)s1. The molecule has 0 saturated carbocycles. The standard InChI is InChI=1S/C10H17N3O3S2/c1-3-8(6-9(11)12-14)13-18(15,16)10-5-4-7(2)17-10/h4-5,8,13-14H,3,6H2,1-2H3,(H2,11,12). The van der Waals surface area contributed by atoms with Crippen LogP contribution in [0.25, 0.3) is 0 Å². The minimum Gasteiger partial charge on any atom is -0.409 e. The molecule has 0 fully saturated rings. The zero-order chi connectivity index (χ0) is 13.8. The molecule has 0 aliphatic heterocycles. The third-order valence-corrected chi connectivity index (χ3v) is 5.39. The topological polar surface area (TPSA) is 105 Å². The van der Waals surface area contributed by atoms with E-state index >= 15 is 0 Å². The van der Waals surface area contributed by atoms with Crippen LogP contribution in [-0.2, 0) is 10.0 Å². The Morgan fingerprint density at radius 1 is 1.61 bits per heavy atom. The van der Waals surface area contributed by atoms with Crippen molar-refractivity contribution in [1.29, 1.82) is 0 Å². The summed E-state index contributed by atoms with van der Waals surface area (Å²) in [6.07, 6.45) is 0.733. The fourth-order valence-corrected chi connectivity index (χ4v) is 4.02. The molecule has 1 rings (SSSR count). The Morgan fingerprint density at radius 2 is 2.28 bits per heavy atom. The van der Waals surface area contributed by atoms with Crippen LogP contribution < -0.4 is 10.5 Å². The Balaban J connectivity index is 2.81. The molecular weight excluding hydrogens is 274 g/mol. The minimum atomic E-state index is -3.53. The molecule has 1 heterocycles. The summed E-state index contributed by atoms with van der Waals surface area (Å²) in [5.74, 6) is 0.00640. The average molecular weight is 291 g/mol. The lowest BCUT2D eigenvalue weighted by Gasteiger charge is -2.15. The summed E-state index contributed by atoms with van der Waals surface area (Å²) in [5, 5.41) is 11.3. The van der Waals surface area contributed by atoms with Gasteiger partial charge in [-0.2, -0.15) is 0 Å². The van der Waals surface area contributed by atoms with Gasteiger partial charge in [-0.3, -0.25) is 0 Å². The first-order valence-electron chi connectivity index (χ1n) is 5.44. The molecule has 0 saturated heterocycles. The molecule has 1 unspecified atom stereocenters. The van der Waals surface area contributed by atoms with Crippen molar-refractivity contribution >= 4 is 27.2 Å². The summed E-state index contributed by atoms with van der Waals surface area (Å²) in [6.45, 7) is 3.68. The summed E-state index contributed by atoms with van der Waals surface area (Å²) in [6, 6.07) is 2.94. The van der Waals surface area contributed by atoms with Crippen LogP contribution in [0.1, 0.15) is 24.6 Å². The number of nitrogens with two attached hydrogens (primary N) is 1. The van der Waals surface area contributed by atoms with E-state index in [0.717, 1.165) is 4.88 Å². The molecule has 1 atom stereocenters. The molecule has 0 bridgehead atoms. The maximum atomic E-state index is 12.0. The lowest BCUT2D eigenvalue weighted by molar-refractivity contribution is 0.316. The van der Waals surface area contributed by atoms with Crippen LogP contribution >= 0.6 is 11.3 Å². The summed E-state index contributed by atoms with van der Waals surface area (Å²) in [5.41, 5.74) is 5.38. The molecule has 102 valence electrons. The van der Waals surface area contributed by atoms with Crippen LogP contribution in [0, 0.1) is 6.92 Å². The largest absolute Gasteiger partial charge is 0.409 e. The van der Waals surface area contributed by atoms with Crippen LogP contribution in [0.4, 0.5) is 0 Å². The van der Waals surface area contributed by atoms with Gasteiger partial charge in [-0.05, 0) is 25.5 Å². The van der Waals surface area contributed by atoms with Crippen molar-refractivity contribution in [2.24, 2.45) is 10.9 Å². The van der Waals surface area contributed by atoms with Crippen molar-refractivity contribution < 1.29 is 13.6 Å². The molecule has 8 heteroatoms. The molecular formula is C10H17N3O3S2. The Hall–Kier alpha value is -1.12. The van der Waals surface area contributed by atoms with E-state index in [1.165, 1.54) is 11.3 Å². The highest BCUT2D eigenvalue weighted by Crippen LogP contribution is 2.21. The highest BCUT2D eigenvalue weighted by molar-refractivity contribution is 7.91. The number of hydrogen-bond acceptors (Lipinski definition) is 5. The van der Waals surface area contributed by atoms with E-state index in [2.05, 4.69) is 9.88 Å². The lowest BCUT2D eigenvalue weighted by Crippen LogP contribution is -2.37. The second-order valence-corrected chi connectivity index (χ2v) is 7.12. The number of thiophene rings is 1. The Morgan fingerprint density at radius 3 is 2.72 bits per heavy atom. The Kier molecular flexibility index (Phi) is 5.12. The van der Waals surface area contributed by atoms with E-state index in [1.54, 1.807) is 12.1 Å². The van der Waals surface area contributed by atoms with Crippen LogP contribution in [0.2, 0.25) is 0 Å². The highest BCUT2D eigenvalue weighted by atomic mass is 32.2. The van der Waals surface area contributed by atoms with Gasteiger partial charge in [0.15, 0.2) is 0 Å². The molecule has 0 amide bonds. The number of nitrogens with zero attached hydrogens (tertiary/aromatic N) is 1. The smallest absolute Gasteiger partial charge is 0.250 e. The first-order chi connectivity index (χ1) is 8.39. The summed E-state index contributed by atoms with van der Waals surface area (Å²) in [7, 11) is -3.53. The molecule has 1 aromatic rings. The molecule has 0 aliphatic carbocycles. The first-order valence-corrected chi connectivity index (χ1v) is 7.74. The van der Waals surface area contributed by atoms with Gasteiger partial charge in [0.25, 0.3) is 0 Å². The quantitative estimate of drug-likeness (QED) is 0.317. The predicted molar refractivity (Wildman–Crippen MR) is 71.5 cm³/mol. The third kappa shape index (κ3) is 3.97. The van der Waals surface area contributed by atoms with Crippen molar-refractivity contribution in [1.82, 2.24) is 4.72 Å². The number of oxime groups is 1. The Labute approximate surface area is 111 Å². The fraction of sp³-hybridized carbons (Fsp3) is 0.500. The second-order valence-electron chi connectivity index (χ2n) is 3.89. The van der Waals surface area contributed by atoms with E-state index in [1.807, 2.05) is 13.8 Å². The van der Waals surface area contributed by atoms with Gasteiger partial charge in [0.05, 0.1) is 0 Å². The van der Waals surface area contributed by atoms with E-state index < -0.39 is 10.0 Å². The molecule has 0 radical (unpaired) electrons. The maximum Gasteiger partial charge on any atom is 0.250 e. The van der Waals surface area contributed by atoms with Crippen molar-refractivity contribution in [3.63, 3.8) is 0 Å². The second kappa shape index (κ2) is 6.17. The van der Waals surface area contributed by atoms with Crippen LogP contribution in [-0.4, -0.2) is 25.5 Å². The van der Waals surface area contributed by atoms with Gasteiger partial charge in [0.1, 0.15) is 10.0 Å². The number of rotatable bonds is 6. The van der Waals surface area contributed by atoms with Gasteiger partial charge >= 0.3 is 0 Å². The van der Waals surface area contributed by atoms with Crippen LogP contribution in [0.3, 0.4) is 0 Å². The maximum absolute atomic E-state index is 12.0. The van der Waals surface area contributed by atoms with E-state index in [4.69, 9.17) is 10.9 Å². The Bertz CT molecular complexity index is 522. The lowest BCUT2D eigenvalue weighted by atomic mass is 10.1. The van der Waals surface area contributed by atoms with Crippen molar-refractivity contribution in [2.75, 3.05) is 0 Å². The summed E-state index contributed by atoms with van der Waals surface area (Å²) < 4.78 is 26.9. The van der Waals surface area contributed by atoms with Gasteiger partial charge < -0.3 is 10.9 Å². The number of nitrogens with one attached hydrogen (secondary N) is 1. The van der Waals surface area contributed by atoms with Gasteiger partial charge in [-0.1, -0.05) is 12.1 Å². The van der Waals surface area contributed by atoms with Crippen molar-refractivity contribution in [3.8, 4) is 0 Å². The predicted octanol–water partition coefficient (Wildman–Crippen LogP) is 1.25. The summed E-state index contributed by atoms with van der Waals surface area (Å²) >= 11 is 1.21. The molecule has 0 spiro atoms. The van der Waals surface area contributed by atoms with E-state index in [9.17, 15) is 8.42 Å². The molecule has 6 nitrogen and oxygen atoms in total. The minimum absolute atomic E-state index is 0.00640. The third-order valence-electron chi connectivity index (χ3n) is 2.38. The molecule has 1 aromatic heterocycles. The average Bonchev–Trinajstić information content (AvgIpc) is 2.75.